The SMILES string of the molecule is C#CCNC(=O)CCCNC(=O)c1ccc(F)cc1F. The van der Waals surface area contributed by atoms with Crippen LogP contribution in [-0.2, 0) is 4.79 Å². The summed E-state index contributed by atoms with van der Waals surface area (Å²) >= 11 is 0. The average Bonchev–Trinajstić information content (AvgIpc) is 2.41. The zero-order chi connectivity index (χ0) is 15.0. The standard InChI is InChI=1S/C14H14F2N2O2/c1-2-7-17-13(19)4-3-8-18-14(20)11-6-5-10(15)9-12(11)16/h1,5-6,9H,3-4,7-8H2,(H,17,19)(H,18,20). The summed E-state index contributed by atoms with van der Waals surface area (Å²) in [7, 11) is 0. The Labute approximate surface area is 115 Å². The van der Waals surface area contributed by atoms with E-state index in [2.05, 4.69) is 16.6 Å². The quantitative estimate of drug-likeness (QED) is 0.608. The summed E-state index contributed by atoms with van der Waals surface area (Å²) in [5.41, 5.74) is -0.233. The molecule has 0 spiro atoms. The maximum atomic E-state index is 13.3. The molecule has 0 aliphatic rings. The number of carbonyl (C=O) groups excluding carboxylic acids is 2. The first kappa shape index (κ1) is 15.6. The van der Waals surface area contributed by atoms with Gasteiger partial charge in [0.2, 0.25) is 5.91 Å². The van der Waals surface area contributed by atoms with Crippen LogP contribution in [0, 0.1) is 24.0 Å². The van der Waals surface area contributed by atoms with E-state index in [0.717, 1.165) is 12.1 Å². The summed E-state index contributed by atoms with van der Waals surface area (Å²) in [4.78, 5) is 22.8. The van der Waals surface area contributed by atoms with E-state index < -0.39 is 17.5 Å². The van der Waals surface area contributed by atoms with Crippen LogP contribution in [0.4, 0.5) is 8.78 Å². The third-order valence-electron chi connectivity index (χ3n) is 2.43. The molecule has 0 saturated heterocycles. The van der Waals surface area contributed by atoms with E-state index in [0.29, 0.717) is 12.5 Å². The molecule has 0 aliphatic carbocycles. The molecule has 106 valence electrons. The fourth-order valence-corrected chi connectivity index (χ4v) is 1.46. The Balaban J connectivity index is 2.34. The number of hydrogen-bond acceptors (Lipinski definition) is 2. The average molecular weight is 280 g/mol. The maximum absolute atomic E-state index is 13.3. The first-order valence-electron chi connectivity index (χ1n) is 5.98. The minimum atomic E-state index is -0.922. The van der Waals surface area contributed by atoms with Gasteiger partial charge in [-0.3, -0.25) is 9.59 Å². The molecule has 0 unspecified atom stereocenters. The van der Waals surface area contributed by atoms with E-state index in [9.17, 15) is 18.4 Å². The lowest BCUT2D eigenvalue weighted by Gasteiger charge is -2.06. The lowest BCUT2D eigenvalue weighted by Crippen LogP contribution is -2.28. The van der Waals surface area contributed by atoms with Gasteiger partial charge in [0.05, 0.1) is 12.1 Å². The number of amides is 2. The van der Waals surface area contributed by atoms with Gasteiger partial charge in [0.15, 0.2) is 0 Å². The molecule has 4 nitrogen and oxygen atoms in total. The van der Waals surface area contributed by atoms with Crippen molar-refractivity contribution in [3.63, 3.8) is 0 Å². The van der Waals surface area contributed by atoms with E-state index in [1.165, 1.54) is 0 Å². The molecule has 0 radical (unpaired) electrons. The van der Waals surface area contributed by atoms with Crippen molar-refractivity contribution in [1.82, 2.24) is 10.6 Å². The van der Waals surface area contributed by atoms with Crippen LogP contribution >= 0.6 is 0 Å². The minimum absolute atomic E-state index is 0.159. The fraction of sp³-hybridized carbons (Fsp3) is 0.286. The highest BCUT2D eigenvalue weighted by molar-refractivity contribution is 5.94. The summed E-state index contributed by atoms with van der Waals surface area (Å²) in [5, 5.41) is 4.93. The molecule has 20 heavy (non-hydrogen) atoms. The van der Waals surface area contributed by atoms with Crippen molar-refractivity contribution in [3.05, 3.63) is 35.4 Å². The third kappa shape index (κ3) is 5.06. The predicted molar refractivity (Wildman–Crippen MR) is 69.8 cm³/mol. The highest BCUT2D eigenvalue weighted by Crippen LogP contribution is 2.09. The highest BCUT2D eigenvalue weighted by Gasteiger charge is 2.11. The number of carbonyl (C=O) groups is 2. The number of hydrogen-bond donors (Lipinski definition) is 2. The van der Waals surface area contributed by atoms with Crippen LogP contribution in [0.1, 0.15) is 23.2 Å². The number of benzene rings is 1. The zero-order valence-electron chi connectivity index (χ0n) is 10.7. The Morgan fingerprint density at radius 3 is 2.65 bits per heavy atom. The summed E-state index contributed by atoms with van der Waals surface area (Å²) < 4.78 is 26.0. The molecule has 1 rings (SSSR count). The summed E-state index contributed by atoms with van der Waals surface area (Å²) in [5.74, 6) is -0.267. The summed E-state index contributed by atoms with van der Waals surface area (Å²) in [6.45, 7) is 0.366. The molecule has 0 bridgehead atoms. The second-order valence-corrected chi connectivity index (χ2v) is 3.96. The molecule has 0 atom stereocenters. The Morgan fingerprint density at radius 1 is 1.25 bits per heavy atom. The largest absolute Gasteiger partial charge is 0.352 e. The van der Waals surface area contributed by atoms with Gasteiger partial charge in [-0.05, 0) is 18.6 Å². The molecule has 1 aromatic rings. The molecule has 0 heterocycles. The van der Waals surface area contributed by atoms with Crippen LogP contribution in [0.25, 0.3) is 0 Å². The van der Waals surface area contributed by atoms with E-state index in [1.807, 2.05) is 0 Å². The lowest BCUT2D eigenvalue weighted by atomic mass is 10.2. The normalized spacial score (nSPS) is 9.65. The maximum Gasteiger partial charge on any atom is 0.254 e. The van der Waals surface area contributed by atoms with E-state index in [-0.39, 0.29) is 31.0 Å². The summed E-state index contributed by atoms with van der Waals surface area (Å²) in [6.07, 6.45) is 5.57. The van der Waals surface area contributed by atoms with Crippen LogP contribution in [-0.4, -0.2) is 24.9 Å². The van der Waals surface area contributed by atoms with Crippen molar-refractivity contribution in [1.29, 1.82) is 0 Å². The number of nitrogens with one attached hydrogen (secondary N) is 2. The van der Waals surface area contributed by atoms with Gasteiger partial charge in [-0.2, -0.15) is 0 Å². The Bertz CT molecular complexity index is 538. The second-order valence-electron chi connectivity index (χ2n) is 3.96. The van der Waals surface area contributed by atoms with Gasteiger partial charge in [-0.1, -0.05) is 5.92 Å². The van der Waals surface area contributed by atoms with Gasteiger partial charge in [-0.15, -0.1) is 6.42 Å². The Kier molecular flexibility index (Phi) is 6.17. The van der Waals surface area contributed by atoms with Crippen molar-refractivity contribution < 1.29 is 18.4 Å². The van der Waals surface area contributed by atoms with Crippen LogP contribution in [0.2, 0.25) is 0 Å². The van der Waals surface area contributed by atoms with E-state index >= 15 is 0 Å². The smallest absolute Gasteiger partial charge is 0.254 e. The molecule has 0 aliphatic heterocycles. The number of terminal acetylenes is 1. The van der Waals surface area contributed by atoms with Gasteiger partial charge in [0, 0.05) is 19.0 Å². The predicted octanol–water partition coefficient (Wildman–Crippen LogP) is 1.22. The topological polar surface area (TPSA) is 58.2 Å². The van der Waals surface area contributed by atoms with Crippen molar-refractivity contribution in [3.8, 4) is 12.3 Å². The first-order valence-corrected chi connectivity index (χ1v) is 5.98. The van der Waals surface area contributed by atoms with Gasteiger partial charge in [0.1, 0.15) is 11.6 Å². The zero-order valence-corrected chi connectivity index (χ0v) is 10.7. The molecule has 2 amide bonds. The Hall–Kier alpha value is -2.42. The molecule has 6 heteroatoms. The van der Waals surface area contributed by atoms with Crippen molar-refractivity contribution in [2.75, 3.05) is 13.1 Å². The van der Waals surface area contributed by atoms with Gasteiger partial charge >= 0.3 is 0 Å². The highest BCUT2D eigenvalue weighted by atomic mass is 19.1. The molecule has 0 saturated carbocycles. The van der Waals surface area contributed by atoms with Gasteiger partial charge in [-0.25, -0.2) is 8.78 Å². The van der Waals surface area contributed by atoms with Crippen molar-refractivity contribution in [2.24, 2.45) is 0 Å². The molecular formula is C14H14F2N2O2. The van der Waals surface area contributed by atoms with Crippen LogP contribution in [0.5, 0.6) is 0 Å². The van der Waals surface area contributed by atoms with Crippen molar-refractivity contribution >= 4 is 11.8 Å². The third-order valence-corrected chi connectivity index (χ3v) is 2.43. The number of halogens is 2. The van der Waals surface area contributed by atoms with Crippen LogP contribution in [0.15, 0.2) is 18.2 Å². The second kappa shape index (κ2) is 7.89. The first-order chi connectivity index (χ1) is 9.54. The monoisotopic (exact) mass is 280 g/mol. The molecule has 2 N–H and O–H groups in total. The lowest BCUT2D eigenvalue weighted by molar-refractivity contribution is -0.120. The van der Waals surface area contributed by atoms with E-state index in [4.69, 9.17) is 6.42 Å². The van der Waals surface area contributed by atoms with Crippen LogP contribution in [0.3, 0.4) is 0 Å². The molecule has 0 aromatic heterocycles. The molecular weight excluding hydrogens is 266 g/mol. The minimum Gasteiger partial charge on any atom is -0.352 e. The Morgan fingerprint density at radius 2 is 2.00 bits per heavy atom. The van der Waals surface area contributed by atoms with E-state index in [1.54, 1.807) is 0 Å². The number of rotatable bonds is 6. The molecule has 1 aromatic carbocycles. The van der Waals surface area contributed by atoms with Gasteiger partial charge in [0.25, 0.3) is 5.91 Å². The fourth-order valence-electron chi connectivity index (χ4n) is 1.46. The molecule has 0 fully saturated rings. The van der Waals surface area contributed by atoms with Gasteiger partial charge < -0.3 is 10.6 Å². The van der Waals surface area contributed by atoms with Crippen molar-refractivity contribution in [2.45, 2.75) is 12.8 Å². The summed E-state index contributed by atoms with van der Waals surface area (Å²) in [6, 6.07) is 2.72. The van der Waals surface area contributed by atoms with Crippen LogP contribution < -0.4 is 10.6 Å².